The van der Waals surface area contributed by atoms with Crippen LogP contribution in [0.25, 0.3) is 17.2 Å². The number of aromatic nitrogens is 5. The first kappa shape index (κ1) is 11.2. The van der Waals surface area contributed by atoms with Gasteiger partial charge in [0.15, 0.2) is 5.69 Å². The molecule has 96 valence electrons. The number of nitrogens with zero attached hydrogens (tertiary/aromatic N) is 4. The van der Waals surface area contributed by atoms with Crippen LogP contribution in [0.3, 0.4) is 0 Å². The third-order valence-corrected chi connectivity index (χ3v) is 2.68. The summed E-state index contributed by atoms with van der Waals surface area (Å²) in [4.78, 5) is 29.8. The number of H-pyrrole nitrogens is 1. The maximum atomic E-state index is 11.6. The number of hydrogen-bond donors (Lipinski definition) is 2. The van der Waals surface area contributed by atoms with Crippen molar-refractivity contribution in [2.45, 2.75) is 6.92 Å². The lowest BCUT2D eigenvalue weighted by molar-refractivity contribution is 0.123. The van der Waals surface area contributed by atoms with Gasteiger partial charge in [-0.25, -0.2) is 4.79 Å². The molecule has 2 N–H and O–H groups in total. The van der Waals surface area contributed by atoms with E-state index < -0.39 is 11.2 Å². The van der Waals surface area contributed by atoms with Gasteiger partial charge in [0.2, 0.25) is 5.82 Å². The fourth-order valence-corrected chi connectivity index (χ4v) is 1.74. The first-order valence-corrected chi connectivity index (χ1v) is 5.45. The highest BCUT2D eigenvalue weighted by Gasteiger charge is 2.21. The molecule has 0 atom stereocenters. The van der Waals surface area contributed by atoms with E-state index in [0.717, 1.165) is 10.4 Å². The monoisotopic (exact) mass is 259 g/mol. The Morgan fingerprint density at radius 2 is 1.89 bits per heavy atom. The summed E-state index contributed by atoms with van der Waals surface area (Å²) in [5, 5.41) is 13.9. The summed E-state index contributed by atoms with van der Waals surface area (Å²) >= 11 is 0. The summed E-state index contributed by atoms with van der Waals surface area (Å²) < 4.78 is 0. The van der Waals surface area contributed by atoms with Gasteiger partial charge in [-0.1, -0.05) is 22.5 Å². The summed E-state index contributed by atoms with van der Waals surface area (Å²) in [6.07, 6.45) is 0. The van der Waals surface area contributed by atoms with E-state index in [1.54, 1.807) is 12.1 Å². The highest BCUT2D eigenvalue weighted by atomic mass is 16.5. The number of nitrogens with one attached hydrogen (secondary N) is 1. The Labute approximate surface area is 105 Å². The molecule has 8 heteroatoms. The van der Waals surface area contributed by atoms with Crippen LogP contribution in [0.2, 0.25) is 0 Å². The third kappa shape index (κ3) is 1.69. The SMILES string of the molecule is Cc1ccc(-n2nc3c(=O)[nH]c(=O)nc-3n2O)cc1. The zero-order chi connectivity index (χ0) is 13.6. The van der Waals surface area contributed by atoms with Crippen molar-refractivity contribution in [2.24, 2.45) is 0 Å². The van der Waals surface area contributed by atoms with Crippen LogP contribution in [0.5, 0.6) is 0 Å². The van der Waals surface area contributed by atoms with Crippen molar-refractivity contribution in [3.63, 3.8) is 0 Å². The number of benzene rings is 1. The number of hydrogen-bond acceptors (Lipinski definition) is 5. The van der Waals surface area contributed by atoms with Crippen molar-refractivity contribution in [3.8, 4) is 17.2 Å². The van der Waals surface area contributed by atoms with E-state index >= 15 is 0 Å². The molecule has 3 rings (SSSR count). The second-order valence-corrected chi connectivity index (χ2v) is 4.06. The van der Waals surface area contributed by atoms with Crippen LogP contribution in [-0.4, -0.2) is 29.9 Å². The van der Waals surface area contributed by atoms with Crippen molar-refractivity contribution in [1.82, 2.24) is 24.7 Å². The zero-order valence-electron chi connectivity index (χ0n) is 9.86. The predicted molar refractivity (Wildman–Crippen MR) is 64.8 cm³/mol. The van der Waals surface area contributed by atoms with Crippen molar-refractivity contribution in [2.75, 3.05) is 0 Å². The van der Waals surface area contributed by atoms with Crippen molar-refractivity contribution >= 4 is 0 Å². The van der Waals surface area contributed by atoms with E-state index in [1.807, 2.05) is 24.0 Å². The van der Waals surface area contributed by atoms with E-state index in [9.17, 15) is 14.8 Å². The summed E-state index contributed by atoms with van der Waals surface area (Å²) in [6.45, 7) is 1.92. The average molecular weight is 259 g/mol. The smallest absolute Gasteiger partial charge is 0.350 e. The highest BCUT2D eigenvalue weighted by molar-refractivity contribution is 5.48. The number of aryl methyl sites for hydroxylation is 1. The van der Waals surface area contributed by atoms with Crippen molar-refractivity contribution in [3.05, 3.63) is 50.7 Å². The van der Waals surface area contributed by atoms with Gasteiger partial charge in [-0.15, -0.1) is 9.90 Å². The number of rotatable bonds is 1. The molecule has 1 aromatic rings. The van der Waals surface area contributed by atoms with Crippen molar-refractivity contribution in [1.29, 1.82) is 0 Å². The largest absolute Gasteiger partial charge is 0.410 e. The molecule has 0 spiro atoms. The molecule has 8 nitrogen and oxygen atoms in total. The molecule has 1 aromatic carbocycles. The van der Waals surface area contributed by atoms with Gasteiger partial charge < -0.3 is 5.21 Å². The van der Waals surface area contributed by atoms with Gasteiger partial charge in [0, 0.05) is 0 Å². The molecular formula is C11H9N5O3. The second-order valence-electron chi connectivity index (χ2n) is 4.06. The van der Waals surface area contributed by atoms with E-state index in [4.69, 9.17) is 0 Å². The fraction of sp³-hybridized carbons (Fsp3) is 0.0909. The molecule has 2 heterocycles. The van der Waals surface area contributed by atoms with Crippen LogP contribution in [0.15, 0.2) is 33.9 Å². The molecule has 0 saturated heterocycles. The van der Waals surface area contributed by atoms with Crippen LogP contribution < -0.4 is 11.2 Å². The maximum absolute atomic E-state index is 11.6. The first-order valence-electron chi connectivity index (χ1n) is 5.45. The minimum absolute atomic E-state index is 0.109. The number of aromatic amines is 1. The summed E-state index contributed by atoms with van der Waals surface area (Å²) in [7, 11) is 0. The quantitative estimate of drug-likeness (QED) is 0.587. The lowest BCUT2D eigenvalue weighted by atomic mass is 10.2. The minimum atomic E-state index is -0.830. The fourth-order valence-electron chi connectivity index (χ4n) is 1.74. The molecule has 0 aliphatic carbocycles. The molecular weight excluding hydrogens is 250 g/mol. The van der Waals surface area contributed by atoms with Crippen LogP contribution in [0, 0.1) is 6.92 Å². The van der Waals surface area contributed by atoms with Gasteiger partial charge in [-0.2, -0.15) is 4.98 Å². The highest BCUT2D eigenvalue weighted by Crippen LogP contribution is 2.14. The Morgan fingerprint density at radius 1 is 1.21 bits per heavy atom. The molecule has 2 aliphatic rings. The first-order chi connectivity index (χ1) is 9.06. The Balaban J connectivity index is 2.32. The summed E-state index contributed by atoms with van der Waals surface area (Å²) in [5.41, 5.74) is -0.0455. The lowest BCUT2D eigenvalue weighted by Crippen LogP contribution is -2.25. The minimum Gasteiger partial charge on any atom is -0.410 e. The van der Waals surface area contributed by atoms with Crippen LogP contribution >= 0.6 is 0 Å². The van der Waals surface area contributed by atoms with Gasteiger partial charge in [-0.3, -0.25) is 9.78 Å². The standard InChI is InChI=1S/C11H9N5O3/c1-6-2-4-7(5-3-6)15-14-8-9(16(15)19)12-11(18)13-10(8)17/h2-5,19H,1H3,(H,13,17,18). The molecule has 0 amide bonds. The molecule has 0 radical (unpaired) electrons. The van der Waals surface area contributed by atoms with Crippen LogP contribution in [0.1, 0.15) is 5.56 Å². The Hall–Kier alpha value is -2.90. The van der Waals surface area contributed by atoms with E-state index in [1.165, 1.54) is 0 Å². The van der Waals surface area contributed by atoms with Gasteiger partial charge in [0.1, 0.15) is 0 Å². The van der Waals surface area contributed by atoms with Crippen LogP contribution in [0.4, 0.5) is 0 Å². The molecule has 0 aromatic heterocycles. The Kier molecular flexibility index (Phi) is 2.24. The zero-order valence-corrected chi connectivity index (χ0v) is 9.86. The Bertz CT molecular complexity index is 827. The molecule has 2 aliphatic heterocycles. The molecule has 0 bridgehead atoms. The normalized spacial score (nSPS) is 11.0. The Morgan fingerprint density at radius 3 is 2.58 bits per heavy atom. The lowest BCUT2D eigenvalue weighted by Gasteiger charge is -2.04. The molecule has 0 fully saturated rings. The van der Waals surface area contributed by atoms with Gasteiger partial charge in [-0.05, 0) is 19.1 Å². The van der Waals surface area contributed by atoms with Gasteiger partial charge >= 0.3 is 5.69 Å². The summed E-state index contributed by atoms with van der Waals surface area (Å²) in [6, 6.07) is 7.11. The van der Waals surface area contributed by atoms with E-state index in [2.05, 4.69) is 10.1 Å². The molecule has 19 heavy (non-hydrogen) atoms. The third-order valence-electron chi connectivity index (χ3n) is 2.68. The predicted octanol–water partition coefficient (Wildman–Crippen LogP) is -0.232. The van der Waals surface area contributed by atoms with Gasteiger partial charge in [0.05, 0.1) is 5.69 Å². The van der Waals surface area contributed by atoms with Crippen molar-refractivity contribution < 1.29 is 5.21 Å². The average Bonchev–Trinajstić information content (AvgIpc) is 2.69. The summed E-state index contributed by atoms with van der Waals surface area (Å²) in [5.74, 6) is -0.186. The second kappa shape index (κ2) is 3.80. The molecule has 0 saturated carbocycles. The van der Waals surface area contributed by atoms with E-state index in [0.29, 0.717) is 10.5 Å². The van der Waals surface area contributed by atoms with Gasteiger partial charge in [0.25, 0.3) is 5.56 Å². The van der Waals surface area contributed by atoms with E-state index in [-0.39, 0.29) is 11.5 Å². The van der Waals surface area contributed by atoms with Crippen LogP contribution in [-0.2, 0) is 0 Å². The maximum Gasteiger partial charge on any atom is 0.350 e. The number of fused-ring (bicyclic) bond motifs is 1. The molecule has 0 unspecified atom stereocenters. The topological polar surface area (TPSA) is 106 Å².